The molecule has 0 saturated carbocycles. The highest BCUT2D eigenvalue weighted by atomic mass is 32.2. The van der Waals surface area contributed by atoms with E-state index in [0.29, 0.717) is 12.3 Å². The summed E-state index contributed by atoms with van der Waals surface area (Å²) in [6.07, 6.45) is 0.934. The summed E-state index contributed by atoms with van der Waals surface area (Å²) < 4.78 is 10.8. The van der Waals surface area contributed by atoms with Gasteiger partial charge in [0.25, 0.3) is 0 Å². The van der Waals surface area contributed by atoms with Gasteiger partial charge >= 0.3 is 5.97 Å². The van der Waals surface area contributed by atoms with Crippen LogP contribution in [0.4, 0.5) is 0 Å². The highest BCUT2D eigenvalue weighted by Crippen LogP contribution is 2.52. The molecule has 6 nitrogen and oxygen atoms in total. The number of carbonyl (C=O) groups is 2. The second-order valence-electron chi connectivity index (χ2n) is 5.42. The maximum Gasteiger partial charge on any atom is 0.356 e. The molecule has 0 bridgehead atoms. The van der Waals surface area contributed by atoms with Crippen molar-refractivity contribution in [1.29, 1.82) is 0 Å². The molecule has 0 unspecified atom stereocenters. The van der Waals surface area contributed by atoms with Gasteiger partial charge in [-0.1, -0.05) is 11.8 Å². The summed E-state index contributed by atoms with van der Waals surface area (Å²) in [5.41, 5.74) is 0.320. The van der Waals surface area contributed by atoms with Crippen molar-refractivity contribution in [2.75, 3.05) is 13.2 Å². The third-order valence-electron chi connectivity index (χ3n) is 4.02. The van der Waals surface area contributed by atoms with Gasteiger partial charge in [-0.3, -0.25) is 9.69 Å². The predicted octanol–water partition coefficient (Wildman–Crippen LogP) is 0.852. The summed E-state index contributed by atoms with van der Waals surface area (Å²) in [5, 5.41) is 9.53. The molecular weight excluding hydrogens is 294 g/mol. The third kappa shape index (κ3) is 2.27. The van der Waals surface area contributed by atoms with Gasteiger partial charge in [-0.2, -0.15) is 0 Å². The minimum absolute atomic E-state index is 0.137. The zero-order chi connectivity index (χ0) is 15.1. The summed E-state index contributed by atoms with van der Waals surface area (Å²) in [4.78, 5) is 26.7. The summed E-state index contributed by atoms with van der Waals surface area (Å²) >= 11 is 1.46. The second kappa shape index (κ2) is 5.62. The number of hydrogen-bond acceptors (Lipinski definition) is 6. The fraction of sp³-hybridized carbons (Fsp3) is 0.714. The van der Waals surface area contributed by atoms with E-state index in [4.69, 9.17) is 9.47 Å². The molecule has 0 spiro atoms. The lowest BCUT2D eigenvalue weighted by Crippen LogP contribution is -2.60. The van der Waals surface area contributed by atoms with Crippen LogP contribution in [0, 0.1) is 5.92 Å². The lowest BCUT2D eigenvalue weighted by Gasteiger charge is -2.43. The Morgan fingerprint density at radius 2 is 2.38 bits per heavy atom. The molecule has 3 rings (SSSR count). The molecule has 2 saturated heterocycles. The number of fused-ring (bicyclic) bond motifs is 1. The van der Waals surface area contributed by atoms with Crippen molar-refractivity contribution < 1.29 is 24.2 Å². The highest BCUT2D eigenvalue weighted by Gasteiger charge is 2.58. The molecular formula is C14H19NO5S. The largest absolute Gasteiger partial charge is 0.461 e. The lowest BCUT2D eigenvalue weighted by molar-refractivity contribution is -0.158. The van der Waals surface area contributed by atoms with Crippen molar-refractivity contribution in [3.8, 4) is 0 Å². The van der Waals surface area contributed by atoms with E-state index < -0.39 is 18.0 Å². The Kier molecular flexibility index (Phi) is 3.98. The number of ether oxygens (including phenoxy) is 2. The number of esters is 1. The van der Waals surface area contributed by atoms with Crippen molar-refractivity contribution in [2.24, 2.45) is 5.92 Å². The number of carbonyl (C=O) groups excluding carboxylic acids is 2. The van der Waals surface area contributed by atoms with E-state index in [1.807, 2.05) is 0 Å². The van der Waals surface area contributed by atoms with Gasteiger partial charge in [0.15, 0.2) is 0 Å². The maximum absolute atomic E-state index is 12.2. The number of nitrogens with zero attached hydrogens (tertiary/aromatic N) is 1. The number of aliphatic hydroxyl groups excluding tert-OH is 1. The van der Waals surface area contributed by atoms with E-state index in [-0.39, 0.29) is 24.0 Å². The highest BCUT2D eigenvalue weighted by molar-refractivity contribution is 8.04. The molecule has 3 aliphatic heterocycles. The predicted molar refractivity (Wildman–Crippen MR) is 76.0 cm³/mol. The summed E-state index contributed by atoms with van der Waals surface area (Å²) in [7, 11) is 0. The zero-order valence-corrected chi connectivity index (χ0v) is 12.9. The van der Waals surface area contributed by atoms with Crippen molar-refractivity contribution in [2.45, 2.75) is 44.3 Å². The molecule has 0 aromatic carbocycles. The van der Waals surface area contributed by atoms with Gasteiger partial charge in [0.05, 0.1) is 24.7 Å². The van der Waals surface area contributed by atoms with Crippen LogP contribution in [0.5, 0.6) is 0 Å². The molecule has 116 valence electrons. The molecule has 2 fully saturated rings. The number of amides is 1. The van der Waals surface area contributed by atoms with Gasteiger partial charge in [0.1, 0.15) is 11.1 Å². The first kappa shape index (κ1) is 14.9. The van der Waals surface area contributed by atoms with Gasteiger partial charge in [0, 0.05) is 11.5 Å². The van der Waals surface area contributed by atoms with Gasteiger partial charge in [-0.05, 0) is 26.7 Å². The molecule has 7 heteroatoms. The molecule has 4 atom stereocenters. The average molecular weight is 313 g/mol. The van der Waals surface area contributed by atoms with E-state index in [1.165, 1.54) is 16.7 Å². The molecule has 1 amide bonds. The maximum atomic E-state index is 12.2. The Balaban J connectivity index is 1.90. The Morgan fingerprint density at radius 1 is 1.62 bits per heavy atom. The Morgan fingerprint density at radius 3 is 2.95 bits per heavy atom. The first-order valence-corrected chi connectivity index (χ1v) is 8.15. The molecule has 1 N–H and O–H groups in total. The lowest BCUT2D eigenvalue weighted by atomic mass is 9.92. The van der Waals surface area contributed by atoms with Crippen LogP contribution in [0.1, 0.15) is 26.7 Å². The first-order chi connectivity index (χ1) is 10.1. The van der Waals surface area contributed by atoms with Gasteiger partial charge in [-0.25, -0.2) is 4.79 Å². The quantitative estimate of drug-likeness (QED) is 0.612. The van der Waals surface area contributed by atoms with E-state index in [1.54, 1.807) is 13.8 Å². The fourth-order valence-corrected chi connectivity index (χ4v) is 4.71. The Labute approximate surface area is 127 Å². The third-order valence-corrected chi connectivity index (χ3v) is 5.47. The topological polar surface area (TPSA) is 76.1 Å². The average Bonchev–Trinajstić information content (AvgIpc) is 3.03. The van der Waals surface area contributed by atoms with Crippen LogP contribution in [0.3, 0.4) is 0 Å². The second-order valence-corrected chi connectivity index (χ2v) is 6.58. The zero-order valence-electron chi connectivity index (χ0n) is 12.1. The Bertz CT molecular complexity index is 498. The summed E-state index contributed by atoms with van der Waals surface area (Å²) in [5.74, 6) is -1.15. The van der Waals surface area contributed by atoms with E-state index >= 15 is 0 Å². The van der Waals surface area contributed by atoms with E-state index in [2.05, 4.69) is 0 Å². The van der Waals surface area contributed by atoms with Crippen LogP contribution in [0.2, 0.25) is 0 Å². The SMILES string of the molecule is CCOC(=O)C1=C([C@H]2CCCO2)S[C@@H]2[C@@H]([C@@H](C)O)C(=O)N12. The van der Waals surface area contributed by atoms with Crippen LogP contribution in [-0.2, 0) is 19.1 Å². The minimum Gasteiger partial charge on any atom is -0.461 e. The van der Waals surface area contributed by atoms with Gasteiger partial charge < -0.3 is 14.6 Å². The van der Waals surface area contributed by atoms with Crippen molar-refractivity contribution in [3.05, 3.63) is 10.6 Å². The van der Waals surface area contributed by atoms with E-state index in [0.717, 1.165) is 17.7 Å². The standard InChI is InChI=1S/C14H19NO5S/c1-3-19-14(18)10-11(8-5-4-6-20-8)21-13-9(7(2)16)12(17)15(10)13/h7-9,13,16H,3-6H2,1-2H3/t7-,8-,9+,13-/m1/s1. The molecule has 0 aliphatic carbocycles. The number of aliphatic hydroxyl groups is 1. The molecule has 0 aromatic rings. The van der Waals surface area contributed by atoms with Crippen LogP contribution in [0.15, 0.2) is 10.6 Å². The first-order valence-electron chi connectivity index (χ1n) is 7.27. The molecule has 21 heavy (non-hydrogen) atoms. The number of thioether (sulfide) groups is 1. The number of hydrogen-bond donors (Lipinski definition) is 1. The van der Waals surface area contributed by atoms with Crippen molar-refractivity contribution >= 4 is 23.6 Å². The van der Waals surface area contributed by atoms with Crippen LogP contribution in [0.25, 0.3) is 0 Å². The molecule has 0 radical (unpaired) electrons. The summed E-state index contributed by atoms with van der Waals surface area (Å²) in [6.45, 7) is 4.27. The van der Waals surface area contributed by atoms with Crippen LogP contribution >= 0.6 is 11.8 Å². The Hall–Kier alpha value is -1.05. The fourth-order valence-electron chi connectivity index (χ4n) is 3.01. The van der Waals surface area contributed by atoms with Crippen molar-refractivity contribution in [3.63, 3.8) is 0 Å². The summed E-state index contributed by atoms with van der Waals surface area (Å²) in [6, 6.07) is 0. The van der Waals surface area contributed by atoms with Crippen LogP contribution < -0.4 is 0 Å². The number of rotatable bonds is 4. The smallest absolute Gasteiger partial charge is 0.356 e. The van der Waals surface area contributed by atoms with Crippen LogP contribution in [-0.4, -0.2) is 52.7 Å². The molecule has 0 aromatic heterocycles. The van der Waals surface area contributed by atoms with Gasteiger partial charge in [-0.15, -0.1) is 0 Å². The molecule has 3 heterocycles. The monoisotopic (exact) mass is 313 g/mol. The minimum atomic E-state index is -0.724. The number of β-lactam (4-membered cyclic amide) rings is 1. The van der Waals surface area contributed by atoms with E-state index in [9.17, 15) is 14.7 Å². The van der Waals surface area contributed by atoms with Crippen molar-refractivity contribution in [1.82, 2.24) is 4.90 Å². The molecule has 3 aliphatic rings. The normalized spacial score (nSPS) is 33.0. The van der Waals surface area contributed by atoms with Gasteiger partial charge in [0.2, 0.25) is 5.91 Å².